The number of rotatable bonds is 10. The highest BCUT2D eigenvalue weighted by Crippen LogP contribution is 2.40. The number of benzene rings is 3. The number of aromatic hydroxyl groups is 1. The second-order valence-corrected chi connectivity index (χ2v) is 9.96. The van der Waals surface area contributed by atoms with Crippen molar-refractivity contribution in [2.24, 2.45) is 5.92 Å². The van der Waals surface area contributed by atoms with Crippen molar-refractivity contribution < 1.29 is 9.84 Å². The molecule has 0 spiro atoms. The van der Waals surface area contributed by atoms with Gasteiger partial charge in [0.15, 0.2) is 0 Å². The molecular weight excluding hydrogens is 456 g/mol. The molecule has 0 atom stereocenters. The Morgan fingerprint density at radius 2 is 1.71 bits per heavy atom. The van der Waals surface area contributed by atoms with Gasteiger partial charge < -0.3 is 19.7 Å². The van der Waals surface area contributed by atoms with Crippen molar-refractivity contribution in [2.75, 3.05) is 20.2 Å². The van der Waals surface area contributed by atoms with Crippen LogP contribution in [0.5, 0.6) is 11.5 Å². The molecule has 1 aliphatic carbocycles. The number of phenolic OH excluding ortho intramolecular Hbond substituents is 1. The first-order chi connectivity index (χ1) is 17.1. The van der Waals surface area contributed by atoms with E-state index in [0.29, 0.717) is 11.6 Å². The van der Waals surface area contributed by atoms with Gasteiger partial charge in [0.2, 0.25) is 0 Å². The minimum absolute atomic E-state index is 0.212. The number of hydrogen-bond donors (Lipinski definition) is 2. The molecule has 0 unspecified atom stereocenters. The highest BCUT2D eigenvalue weighted by Gasteiger charge is 2.19. The first-order valence-electron chi connectivity index (χ1n) is 12.6. The average molecular weight is 489 g/mol. The summed E-state index contributed by atoms with van der Waals surface area (Å²) in [5, 5.41) is 15.2. The topological polar surface area (TPSA) is 46.4 Å². The maximum atomic E-state index is 10.1. The Morgan fingerprint density at radius 1 is 0.971 bits per heavy atom. The van der Waals surface area contributed by atoms with Crippen LogP contribution in [0, 0.1) is 5.92 Å². The van der Waals surface area contributed by atoms with Gasteiger partial charge in [0.1, 0.15) is 11.5 Å². The third kappa shape index (κ3) is 5.34. The molecule has 0 aliphatic heterocycles. The van der Waals surface area contributed by atoms with Gasteiger partial charge in [-0.15, -0.1) is 0 Å². The smallest absolute Gasteiger partial charge is 0.118 e. The molecule has 4 aromatic rings. The van der Waals surface area contributed by atoms with E-state index in [1.54, 1.807) is 19.2 Å². The number of nitrogens with one attached hydrogen (secondary N) is 1. The normalized spacial score (nSPS) is 13.8. The Bertz CT molecular complexity index is 1270. The summed E-state index contributed by atoms with van der Waals surface area (Å²) < 4.78 is 7.56. The predicted molar refractivity (Wildman–Crippen MR) is 145 cm³/mol. The molecule has 35 heavy (non-hydrogen) atoms. The van der Waals surface area contributed by atoms with Gasteiger partial charge in [-0.3, -0.25) is 0 Å². The molecule has 1 aliphatic rings. The lowest BCUT2D eigenvalue weighted by molar-refractivity contribution is 0.292. The van der Waals surface area contributed by atoms with Crippen LogP contribution in [0.3, 0.4) is 0 Å². The van der Waals surface area contributed by atoms with E-state index in [2.05, 4.69) is 34.1 Å². The van der Waals surface area contributed by atoms with Gasteiger partial charge in [0, 0.05) is 11.9 Å². The number of nitrogens with zero attached hydrogens (tertiary/aromatic N) is 1. The standard InChI is InChI=1S/C30H33ClN2O2/c1-35-26-12-9-24(10-13-26)30-29(31)27-19-25(34)11-14-28(27)33(30)20-23-7-5-22(6-8-23)16-18-32-17-15-21-3-2-4-21/h5-14,19,21,32,34H,2-4,15-18,20H2,1H3. The predicted octanol–water partition coefficient (Wildman–Crippen LogP) is 7.05. The Kier molecular flexibility index (Phi) is 7.31. The molecule has 5 rings (SSSR count). The largest absolute Gasteiger partial charge is 0.508 e. The molecule has 1 heterocycles. The van der Waals surface area contributed by atoms with Crippen LogP contribution in [-0.4, -0.2) is 29.9 Å². The van der Waals surface area contributed by atoms with E-state index in [9.17, 15) is 5.11 Å². The number of fused-ring (bicyclic) bond motifs is 1. The summed E-state index contributed by atoms with van der Waals surface area (Å²) >= 11 is 6.88. The minimum atomic E-state index is 0.212. The number of phenols is 1. The quantitative estimate of drug-likeness (QED) is 0.235. The first-order valence-corrected chi connectivity index (χ1v) is 12.9. The lowest BCUT2D eigenvalue weighted by atomic mass is 9.83. The summed E-state index contributed by atoms with van der Waals surface area (Å²) in [6, 6.07) is 22.2. The summed E-state index contributed by atoms with van der Waals surface area (Å²) in [5.41, 5.74) is 5.51. The van der Waals surface area contributed by atoms with Crippen LogP contribution in [0.1, 0.15) is 36.8 Å². The van der Waals surface area contributed by atoms with Crippen molar-refractivity contribution in [3.63, 3.8) is 0 Å². The molecule has 5 heteroatoms. The lowest BCUT2D eigenvalue weighted by Crippen LogP contribution is -2.23. The number of hydrogen-bond acceptors (Lipinski definition) is 3. The van der Waals surface area contributed by atoms with Crippen molar-refractivity contribution in [3.05, 3.63) is 82.9 Å². The zero-order chi connectivity index (χ0) is 24.2. The van der Waals surface area contributed by atoms with Gasteiger partial charge in [-0.2, -0.15) is 0 Å². The highest BCUT2D eigenvalue weighted by molar-refractivity contribution is 6.38. The van der Waals surface area contributed by atoms with Crippen LogP contribution in [0.25, 0.3) is 22.2 Å². The van der Waals surface area contributed by atoms with Crippen LogP contribution in [-0.2, 0) is 13.0 Å². The van der Waals surface area contributed by atoms with Crippen molar-refractivity contribution in [2.45, 2.75) is 38.6 Å². The number of halogens is 1. The van der Waals surface area contributed by atoms with Gasteiger partial charge in [-0.25, -0.2) is 0 Å². The summed E-state index contributed by atoms with van der Waals surface area (Å²) in [6.45, 7) is 2.85. The molecule has 1 saturated carbocycles. The summed E-state index contributed by atoms with van der Waals surface area (Å²) in [6.07, 6.45) is 6.63. The number of aromatic nitrogens is 1. The lowest BCUT2D eigenvalue weighted by Gasteiger charge is -2.25. The van der Waals surface area contributed by atoms with Crippen LogP contribution >= 0.6 is 11.6 Å². The third-order valence-corrected chi connectivity index (χ3v) is 7.64. The monoisotopic (exact) mass is 488 g/mol. The molecule has 0 saturated heterocycles. The Labute approximate surface area is 212 Å². The van der Waals surface area contributed by atoms with Crippen LogP contribution in [0.2, 0.25) is 5.02 Å². The first kappa shape index (κ1) is 23.8. The fraction of sp³-hybridized carbons (Fsp3) is 0.333. The molecule has 182 valence electrons. The van der Waals surface area contributed by atoms with Crippen LogP contribution < -0.4 is 10.1 Å². The summed E-state index contributed by atoms with van der Waals surface area (Å²) in [4.78, 5) is 0. The zero-order valence-electron chi connectivity index (χ0n) is 20.3. The molecule has 4 nitrogen and oxygen atoms in total. The Hall–Kier alpha value is -2.95. The molecular formula is C30H33ClN2O2. The van der Waals surface area contributed by atoms with Crippen LogP contribution in [0.4, 0.5) is 0 Å². The second kappa shape index (κ2) is 10.8. The SMILES string of the molecule is COc1ccc(-c2c(Cl)c3cc(O)ccc3n2Cc2ccc(CCNCCC3CCC3)cc2)cc1. The molecule has 0 radical (unpaired) electrons. The number of methoxy groups -OCH3 is 1. The van der Waals surface area contributed by atoms with E-state index < -0.39 is 0 Å². The van der Waals surface area contributed by atoms with Crippen molar-refractivity contribution in [1.29, 1.82) is 0 Å². The molecule has 1 aromatic heterocycles. The molecule has 1 fully saturated rings. The van der Waals surface area contributed by atoms with Gasteiger partial charge >= 0.3 is 0 Å². The Balaban J connectivity index is 1.34. The van der Waals surface area contributed by atoms with Gasteiger partial charge in [-0.05, 0) is 91.0 Å². The van der Waals surface area contributed by atoms with Gasteiger partial charge in [0.05, 0.1) is 23.3 Å². The molecule has 0 bridgehead atoms. The highest BCUT2D eigenvalue weighted by atomic mass is 35.5. The maximum Gasteiger partial charge on any atom is 0.118 e. The van der Waals surface area contributed by atoms with E-state index in [4.69, 9.17) is 16.3 Å². The van der Waals surface area contributed by atoms with Crippen LogP contribution in [0.15, 0.2) is 66.7 Å². The van der Waals surface area contributed by atoms with Crippen molar-refractivity contribution in [3.8, 4) is 22.8 Å². The fourth-order valence-electron chi connectivity index (χ4n) is 4.94. The van der Waals surface area contributed by atoms with E-state index in [-0.39, 0.29) is 5.75 Å². The van der Waals surface area contributed by atoms with E-state index in [1.165, 1.54) is 36.8 Å². The zero-order valence-corrected chi connectivity index (χ0v) is 21.0. The third-order valence-electron chi connectivity index (χ3n) is 7.26. The van der Waals surface area contributed by atoms with E-state index in [0.717, 1.165) is 53.3 Å². The molecule has 3 aromatic carbocycles. The fourth-order valence-corrected chi connectivity index (χ4v) is 5.30. The average Bonchev–Trinajstić information content (AvgIpc) is 3.11. The number of ether oxygens (including phenoxy) is 1. The van der Waals surface area contributed by atoms with Gasteiger partial charge in [-0.1, -0.05) is 55.1 Å². The van der Waals surface area contributed by atoms with Crippen molar-refractivity contribution >= 4 is 22.5 Å². The van der Waals surface area contributed by atoms with Gasteiger partial charge in [0.25, 0.3) is 0 Å². The van der Waals surface area contributed by atoms with E-state index in [1.807, 2.05) is 30.3 Å². The second-order valence-electron chi connectivity index (χ2n) is 9.58. The minimum Gasteiger partial charge on any atom is -0.508 e. The molecule has 2 N–H and O–H groups in total. The summed E-state index contributed by atoms with van der Waals surface area (Å²) in [7, 11) is 1.66. The summed E-state index contributed by atoms with van der Waals surface area (Å²) in [5.74, 6) is 1.98. The Morgan fingerprint density at radius 3 is 2.40 bits per heavy atom. The molecule has 0 amide bonds. The maximum absolute atomic E-state index is 10.1. The van der Waals surface area contributed by atoms with Crippen molar-refractivity contribution in [1.82, 2.24) is 9.88 Å². The van der Waals surface area contributed by atoms with E-state index >= 15 is 0 Å².